The van der Waals surface area contributed by atoms with E-state index in [0.29, 0.717) is 30.3 Å². The third kappa shape index (κ3) is 4.46. The van der Waals surface area contributed by atoms with E-state index in [0.717, 1.165) is 23.3 Å². The van der Waals surface area contributed by atoms with Gasteiger partial charge >= 0.3 is 5.69 Å². The van der Waals surface area contributed by atoms with Gasteiger partial charge in [0, 0.05) is 13.6 Å². The van der Waals surface area contributed by atoms with Crippen LogP contribution in [0.5, 0.6) is 5.75 Å². The van der Waals surface area contributed by atoms with E-state index in [1.807, 2.05) is 61.5 Å². The van der Waals surface area contributed by atoms with Gasteiger partial charge in [-0.25, -0.2) is 10.2 Å². The van der Waals surface area contributed by atoms with Gasteiger partial charge in [0.2, 0.25) is 5.95 Å². The maximum atomic E-state index is 12.3. The molecule has 0 bridgehead atoms. The minimum Gasteiger partial charge on any atom is -0.489 e. The molecular formula is C23H24N6O3. The standard InChI is InChI=1S/C23H24N6O3/c1-3-13-29-19-20(28(2)23(31)26-21(19)30)25-22(29)27-24-14-16-9-11-18(12-10-16)32-15-17-7-5-4-6-8-17/h4-12,14H,3,13,15H2,1-2H3,(H,25,27)(H,26,30,31)/b24-14+. The Balaban J connectivity index is 1.48. The molecule has 0 fully saturated rings. The van der Waals surface area contributed by atoms with Crippen LogP contribution < -0.4 is 21.4 Å². The van der Waals surface area contributed by atoms with Crippen LogP contribution in [0.1, 0.15) is 24.5 Å². The van der Waals surface area contributed by atoms with E-state index in [4.69, 9.17) is 4.74 Å². The molecule has 0 unspecified atom stereocenters. The minimum absolute atomic E-state index is 0.310. The molecule has 0 spiro atoms. The highest BCUT2D eigenvalue weighted by Gasteiger charge is 2.16. The first-order valence-electron chi connectivity index (χ1n) is 10.3. The number of hydrogen-bond donors (Lipinski definition) is 2. The summed E-state index contributed by atoms with van der Waals surface area (Å²) in [6.07, 6.45) is 2.44. The Bertz CT molecular complexity index is 1350. The molecule has 2 N–H and O–H groups in total. The SMILES string of the molecule is CCCn1c(N/N=C/c2ccc(OCc3ccccc3)cc2)nc2c1c(=O)[nH]c(=O)n2C. The number of anilines is 1. The van der Waals surface area contributed by atoms with E-state index in [1.54, 1.807) is 17.8 Å². The third-order valence-electron chi connectivity index (χ3n) is 4.96. The Morgan fingerprint density at radius 1 is 1.12 bits per heavy atom. The number of hydrogen-bond acceptors (Lipinski definition) is 6. The van der Waals surface area contributed by atoms with Crippen molar-refractivity contribution >= 4 is 23.3 Å². The highest BCUT2D eigenvalue weighted by molar-refractivity contribution is 5.80. The average Bonchev–Trinajstić information content (AvgIpc) is 3.17. The summed E-state index contributed by atoms with van der Waals surface area (Å²) in [5.41, 5.74) is 4.54. The van der Waals surface area contributed by atoms with Crippen LogP contribution in [-0.2, 0) is 20.2 Å². The van der Waals surface area contributed by atoms with Gasteiger partial charge in [0.05, 0.1) is 6.21 Å². The predicted molar refractivity (Wildman–Crippen MR) is 124 cm³/mol. The number of nitrogens with zero attached hydrogens (tertiary/aromatic N) is 4. The molecule has 9 nitrogen and oxygen atoms in total. The van der Waals surface area contributed by atoms with E-state index in [-0.39, 0.29) is 0 Å². The molecule has 32 heavy (non-hydrogen) atoms. The van der Waals surface area contributed by atoms with Gasteiger partial charge in [-0.05, 0) is 41.8 Å². The Labute approximate surface area is 184 Å². The average molecular weight is 432 g/mol. The topological polar surface area (TPSA) is 106 Å². The molecule has 2 aromatic carbocycles. The Morgan fingerprint density at radius 2 is 1.88 bits per heavy atom. The molecule has 0 aliphatic heterocycles. The van der Waals surface area contributed by atoms with Crippen LogP contribution in [0.15, 0.2) is 69.3 Å². The molecule has 0 radical (unpaired) electrons. The number of aromatic nitrogens is 4. The first kappa shape index (κ1) is 21.1. The molecule has 0 saturated heterocycles. The van der Waals surface area contributed by atoms with Crippen LogP contribution in [0.2, 0.25) is 0 Å². The molecule has 0 saturated carbocycles. The van der Waals surface area contributed by atoms with E-state index >= 15 is 0 Å². The number of aromatic amines is 1. The van der Waals surface area contributed by atoms with Crippen molar-refractivity contribution in [1.29, 1.82) is 0 Å². The van der Waals surface area contributed by atoms with Crippen molar-refractivity contribution in [3.05, 3.63) is 86.6 Å². The summed E-state index contributed by atoms with van der Waals surface area (Å²) in [6.45, 7) is 3.06. The summed E-state index contributed by atoms with van der Waals surface area (Å²) in [5.74, 6) is 1.16. The first-order valence-corrected chi connectivity index (χ1v) is 10.3. The Hall–Kier alpha value is -4.14. The monoisotopic (exact) mass is 432 g/mol. The zero-order valence-electron chi connectivity index (χ0n) is 17.9. The smallest absolute Gasteiger partial charge is 0.329 e. The van der Waals surface area contributed by atoms with Gasteiger partial charge in [-0.2, -0.15) is 10.1 Å². The van der Waals surface area contributed by atoms with Gasteiger partial charge in [-0.3, -0.25) is 14.3 Å². The fraction of sp³-hybridized carbons (Fsp3) is 0.217. The van der Waals surface area contributed by atoms with Crippen molar-refractivity contribution in [2.24, 2.45) is 12.1 Å². The number of nitrogens with one attached hydrogen (secondary N) is 2. The highest BCUT2D eigenvalue weighted by atomic mass is 16.5. The van der Waals surface area contributed by atoms with Crippen molar-refractivity contribution in [3.8, 4) is 5.75 Å². The van der Waals surface area contributed by atoms with Crippen molar-refractivity contribution in [2.75, 3.05) is 5.43 Å². The lowest BCUT2D eigenvalue weighted by atomic mass is 10.2. The number of imidazole rings is 1. The molecule has 4 aromatic rings. The van der Waals surface area contributed by atoms with Crippen LogP contribution in [0.4, 0.5) is 5.95 Å². The fourth-order valence-electron chi connectivity index (χ4n) is 3.32. The second kappa shape index (κ2) is 9.34. The molecule has 4 rings (SSSR count). The number of fused-ring (bicyclic) bond motifs is 1. The second-order valence-corrected chi connectivity index (χ2v) is 7.29. The highest BCUT2D eigenvalue weighted by Crippen LogP contribution is 2.16. The van der Waals surface area contributed by atoms with E-state index in [2.05, 4.69) is 20.5 Å². The van der Waals surface area contributed by atoms with Gasteiger partial charge in [0.1, 0.15) is 12.4 Å². The molecule has 0 amide bonds. The predicted octanol–water partition coefficient (Wildman–Crippen LogP) is 2.86. The lowest BCUT2D eigenvalue weighted by Gasteiger charge is -2.07. The fourth-order valence-corrected chi connectivity index (χ4v) is 3.32. The molecule has 9 heteroatoms. The summed E-state index contributed by atoms with van der Waals surface area (Å²) in [5, 5.41) is 4.26. The molecule has 0 aliphatic carbocycles. The maximum Gasteiger partial charge on any atom is 0.329 e. The summed E-state index contributed by atoms with van der Waals surface area (Å²) in [7, 11) is 1.57. The van der Waals surface area contributed by atoms with Crippen LogP contribution in [0, 0.1) is 0 Å². The molecule has 164 valence electrons. The number of ether oxygens (including phenoxy) is 1. The molecule has 2 aromatic heterocycles. The zero-order chi connectivity index (χ0) is 22.5. The lowest BCUT2D eigenvalue weighted by Crippen LogP contribution is -2.29. The number of hydrazone groups is 1. The van der Waals surface area contributed by atoms with Gasteiger partial charge in [-0.15, -0.1) is 0 Å². The normalized spacial score (nSPS) is 11.3. The second-order valence-electron chi connectivity index (χ2n) is 7.29. The van der Waals surface area contributed by atoms with Crippen LogP contribution >= 0.6 is 0 Å². The van der Waals surface area contributed by atoms with E-state index < -0.39 is 11.2 Å². The van der Waals surface area contributed by atoms with Gasteiger partial charge in [0.25, 0.3) is 5.56 Å². The van der Waals surface area contributed by atoms with E-state index in [9.17, 15) is 9.59 Å². The molecular weight excluding hydrogens is 408 g/mol. The quantitative estimate of drug-likeness (QED) is 0.329. The number of aryl methyl sites for hydroxylation is 2. The van der Waals surface area contributed by atoms with Crippen LogP contribution in [0.25, 0.3) is 11.2 Å². The largest absolute Gasteiger partial charge is 0.489 e. The Morgan fingerprint density at radius 3 is 2.59 bits per heavy atom. The first-order chi connectivity index (χ1) is 15.6. The third-order valence-corrected chi connectivity index (χ3v) is 4.96. The lowest BCUT2D eigenvalue weighted by molar-refractivity contribution is 0.306. The summed E-state index contributed by atoms with van der Waals surface area (Å²) < 4.78 is 8.83. The number of H-pyrrole nitrogens is 1. The van der Waals surface area contributed by atoms with Crippen LogP contribution in [0.3, 0.4) is 0 Å². The van der Waals surface area contributed by atoms with Crippen molar-refractivity contribution in [1.82, 2.24) is 19.1 Å². The number of benzene rings is 2. The Kier molecular flexibility index (Phi) is 6.16. The molecule has 0 aliphatic rings. The molecule has 0 atom stereocenters. The number of rotatable bonds is 8. The van der Waals surface area contributed by atoms with Crippen LogP contribution in [-0.4, -0.2) is 25.3 Å². The molecule has 2 heterocycles. The van der Waals surface area contributed by atoms with Crippen molar-refractivity contribution in [3.63, 3.8) is 0 Å². The summed E-state index contributed by atoms with van der Waals surface area (Å²) in [6, 6.07) is 17.5. The minimum atomic E-state index is -0.506. The summed E-state index contributed by atoms with van der Waals surface area (Å²) in [4.78, 5) is 30.9. The van der Waals surface area contributed by atoms with Crippen molar-refractivity contribution < 1.29 is 4.74 Å². The van der Waals surface area contributed by atoms with Gasteiger partial charge in [0.15, 0.2) is 11.2 Å². The van der Waals surface area contributed by atoms with E-state index in [1.165, 1.54) is 4.57 Å². The maximum absolute atomic E-state index is 12.3. The van der Waals surface area contributed by atoms with Gasteiger partial charge in [-0.1, -0.05) is 37.3 Å². The van der Waals surface area contributed by atoms with Gasteiger partial charge < -0.3 is 9.30 Å². The zero-order valence-corrected chi connectivity index (χ0v) is 17.9. The van der Waals surface area contributed by atoms with Crippen molar-refractivity contribution in [2.45, 2.75) is 26.5 Å². The summed E-state index contributed by atoms with van der Waals surface area (Å²) >= 11 is 0.